The highest BCUT2D eigenvalue weighted by molar-refractivity contribution is 7.89. The van der Waals surface area contributed by atoms with E-state index in [0.717, 1.165) is 4.57 Å². The molecule has 2 aliphatic heterocycles. The van der Waals surface area contributed by atoms with E-state index in [9.17, 15) is 22.8 Å². The Hall–Kier alpha value is -3.03. The smallest absolute Gasteiger partial charge is 0.328 e. The Kier molecular flexibility index (Phi) is 6.39. The number of sulfonamides is 1. The second kappa shape index (κ2) is 9.22. The number of piperazine rings is 1. The summed E-state index contributed by atoms with van der Waals surface area (Å²) in [5, 5.41) is 0. The number of rotatable bonds is 5. The van der Waals surface area contributed by atoms with Gasteiger partial charge in [0.2, 0.25) is 15.9 Å². The van der Waals surface area contributed by atoms with Crippen LogP contribution in [0.1, 0.15) is 0 Å². The SMILES string of the molecule is O=C(Cn1ccc(=O)[nH]c1=O)N1CCN(c2ccc(S(=O)(=O)N3CCOCC3)cn2)CC1. The van der Waals surface area contributed by atoms with Crippen molar-refractivity contribution in [2.45, 2.75) is 11.4 Å². The number of carbonyl (C=O) groups is 1. The number of H-pyrrole nitrogens is 1. The Morgan fingerprint density at radius 3 is 2.38 bits per heavy atom. The van der Waals surface area contributed by atoms with Gasteiger partial charge in [0.1, 0.15) is 17.3 Å². The predicted molar refractivity (Wildman–Crippen MR) is 114 cm³/mol. The highest BCUT2D eigenvalue weighted by atomic mass is 32.2. The van der Waals surface area contributed by atoms with Crippen molar-refractivity contribution in [2.24, 2.45) is 0 Å². The second-order valence-corrected chi connectivity index (χ2v) is 9.41. The van der Waals surface area contributed by atoms with Crippen LogP contribution >= 0.6 is 0 Å². The minimum Gasteiger partial charge on any atom is -0.379 e. The van der Waals surface area contributed by atoms with Crippen LogP contribution in [0.15, 0.2) is 45.1 Å². The van der Waals surface area contributed by atoms with Crippen molar-refractivity contribution in [1.29, 1.82) is 0 Å². The van der Waals surface area contributed by atoms with Crippen molar-refractivity contribution in [3.63, 3.8) is 0 Å². The molecular formula is C19H24N6O6S. The molecule has 172 valence electrons. The highest BCUT2D eigenvalue weighted by Crippen LogP contribution is 2.20. The molecule has 32 heavy (non-hydrogen) atoms. The van der Waals surface area contributed by atoms with Crippen LogP contribution in [0, 0.1) is 0 Å². The van der Waals surface area contributed by atoms with E-state index in [1.54, 1.807) is 17.0 Å². The lowest BCUT2D eigenvalue weighted by molar-refractivity contribution is -0.132. The maximum atomic E-state index is 12.7. The minimum atomic E-state index is -3.60. The molecule has 0 aliphatic carbocycles. The van der Waals surface area contributed by atoms with Crippen LogP contribution in [0.25, 0.3) is 0 Å². The number of nitrogens with zero attached hydrogens (tertiary/aromatic N) is 5. The van der Waals surface area contributed by atoms with Crippen LogP contribution in [0.2, 0.25) is 0 Å². The molecule has 2 fully saturated rings. The van der Waals surface area contributed by atoms with Crippen LogP contribution < -0.4 is 16.1 Å². The molecule has 4 rings (SSSR count). The molecule has 2 aromatic heterocycles. The summed E-state index contributed by atoms with van der Waals surface area (Å²) in [7, 11) is -3.60. The molecule has 0 saturated carbocycles. The number of morpholine rings is 1. The lowest BCUT2D eigenvalue weighted by Gasteiger charge is -2.35. The first-order valence-corrected chi connectivity index (χ1v) is 11.6. The molecule has 4 heterocycles. The van der Waals surface area contributed by atoms with E-state index in [1.807, 2.05) is 4.90 Å². The Labute approximate surface area is 184 Å². The molecule has 1 N–H and O–H groups in total. The Balaban J connectivity index is 1.35. The zero-order valence-corrected chi connectivity index (χ0v) is 18.2. The van der Waals surface area contributed by atoms with Gasteiger partial charge in [-0.2, -0.15) is 4.31 Å². The van der Waals surface area contributed by atoms with Crippen molar-refractivity contribution in [2.75, 3.05) is 57.4 Å². The Bertz CT molecular complexity index is 1180. The van der Waals surface area contributed by atoms with Crippen molar-refractivity contribution >= 4 is 21.7 Å². The van der Waals surface area contributed by atoms with Crippen LogP contribution in [-0.2, 0) is 26.1 Å². The molecule has 0 aromatic carbocycles. The summed E-state index contributed by atoms with van der Waals surface area (Å²) in [5.41, 5.74) is -1.13. The summed E-state index contributed by atoms with van der Waals surface area (Å²) in [5.74, 6) is 0.411. The molecule has 2 saturated heterocycles. The molecule has 0 unspecified atom stereocenters. The Morgan fingerprint density at radius 2 is 1.75 bits per heavy atom. The summed E-state index contributed by atoms with van der Waals surface area (Å²) in [6, 6.07) is 4.42. The number of carbonyl (C=O) groups excluding carboxylic acids is 1. The fourth-order valence-corrected chi connectivity index (χ4v) is 5.00. The van der Waals surface area contributed by atoms with Gasteiger partial charge in [-0.25, -0.2) is 18.2 Å². The first-order valence-electron chi connectivity index (χ1n) is 10.2. The van der Waals surface area contributed by atoms with Crippen LogP contribution in [-0.4, -0.2) is 90.5 Å². The van der Waals surface area contributed by atoms with E-state index in [2.05, 4.69) is 9.97 Å². The summed E-state index contributed by atoms with van der Waals surface area (Å²) >= 11 is 0. The maximum Gasteiger partial charge on any atom is 0.328 e. The van der Waals surface area contributed by atoms with E-state index in [-0.39, 0.29) is 17.3 Å². The first-order chi connectivity index (χ1) is 15.3. The van der Waals surface area contributed by atoms with Crippen molar-refractivity contribution < 1.29 is 17.9 Å². The standard InChI is InChI=1S/C19H24N6O6S/c26-17-3-4-24(19(28)21-17)14-18(27)23-7-5-22(6-8-23)16-2-1-15(13-20-16)32(29,30)25-9-11-31-12-10-25/h1-4,13H,5-12,14H2,(H,21,26,28). The first kappa shape index (κ1) is 22.2. The third-order valence-electron chi connectivity index (χ3n) is 5.49. The second-order valence-electron chi connectivity index (χ2n) is 7.47. The fourth-order valence-electron chi connectivity index (χ4n) is 3.65. The summed E-state index contributed by atoms with van der Waals surface area (Å²) in [6.45, 7) is 3.18. The Morgan fingerprint density at radius 1 is 1.03 bits per heavy atom. The fraction of sp³-hybridized carbons (Fsp3) is 0.474. The largest absolute Gasteiger partial charge is 0.379 e. The number of aromatic amines is 1. The van der Waals surface area contributed by atoms with Gasteiger partial charge in [-0.05, 0) is 12.1 Å². The lowest BCUT2D eigenvalue weighted by atomic mass is 10.3. The lowest BCUT2D eigenvalue weighted by Crippen LogP contribution is -2.50. The molecule has 0 bridgehead atoms. The maximum absolute atomic E-state index is 12.7. The van der Waals surface area contributed by atoms with Gasteiger partial charge in [0.25, 0.3) is 5.56 Å². The van der Waals surface area contributed by atoms with Gasteiger partial charge >= 0.3 is 5.69 Å². The number of ether oxygens (including phenoxy) is 1. The normalized spacial score (nSPS) is 18.0. The number of anilines is 1. The molecule has 1 amide bonds. The number of nitrogens with one attached hydrogen (secondary N) is 1. The topological polar surface area (TPSA) is 138 Å². The third-order valence-corrected chi connectivity index (χ3v) is 7.37. The third kappa shape index (κ3) is 4.74. The number of pyridine rings is 1. The zero-order valence-electron chi connectivity index (χ0n) is 17.3. The number of amides is 1. The number of hydrogen-bond donors (Lipinski definition) is 1. The molecule has 13 heteroatoms. The van der Waals surface area contributed by atoms with Gasteiger partial charge in [0.05, 0.1) is 13.2 Å². The van der Waals surface area contributed by atoms with E-state index < -0.39 is 21.3 Å². The number of aromatic nitrogens is 3. The average Bonchev–Trinajstić information content (AvgIpc) is 2.81. The van der Waals surface area contributed by atoms with E-state index in [1.165, 1.54) is 22.8 Å². The molecule has 2 aliphatic rings. The highest BCUT2D eigenvalue weighted by Gasteiger charge is 2.27. The van der Waals surface area contributed by atoms with Crippen molar-refractivity contribution in [3.05, 3.63) is 51.4 Å². The minimum absolute atomic E-state index is 0.142. The van der Waals surface area contributed by atoms with Crippen molar-refractivity contribution in [3.8, 4) is 0 Å². The number of hydrogen-bond acceptors (Lipinski definition) is 8. The molecule has 2 aromatic rings. The quantitative estimate of drug-likeness (QED) is 0.553. The molecule has 0 atom stereocenters. The van der Waals surface area contributed by atoms with Crippen molar-refractivity contribution in [1.82, 2.24) is 23.7 Å². The molecule has 12 nitrogen and oxygen atoms in total. The van der Waals surface area contributed by atoms with Crippen LogP contribution in [0.4, 0.5) is 5.82 Å². The summed E-state index contributed by atoms with van der Waals surface area (Å²) in [4.78, 5) is 45.6. The van der Waals surface area contributed by atoms with Gasteiger partial charge in [-0.3, -0.25) is 19.1 Å². The van der Waals surface area contributed by atoms with E-state index in [0.29, 0.717) is 58.3 Å². The zero-order chi connectivity index (χ0) is 22.7. The van der Waals surface area contributed by atoms with Crippen LogP contribution in [0.3, 0.4) is 0 Å². The summed E-state index contributed by atoms with van der Waals surface area (Å²) < 4.78 is 33.2. The van der Waals surface area contributed by atoms with Gasteiger partial charge in [0.15, 0.2) is 0 Å². The molecule has 0 radical (unpaired) electrons. The van der Waals surface area contributed by atoms with Gasteiger partial charge < -0.3 is 14.5 Å². The predicted octanol–water partition coefficient (Wildman–Crippen LogP) is -1.70. The monoisotopic (exact) mass is 464 g/mol. The summed E-state index contributed by atoms with van der Waals surface area (Å²) in [6.07, 6.45) is 2.66. The van der Waals surface area contributed by atoms with E-state index >= 15 is 0 Å². The average molecular weight is 465 g/mol. The van der Waals surface area contributed by atoms with Gasteiger partial charge in [-0.1, -0.05) is 0 Å². The molecular weight excluding hydrogens is 440 g/mol. The van der Waals surface area contributed by atoms with Gasteiger partial charge in [-0.15, -0.1) is 0 Å². The van der Waals surface area contributed by atoms with Crippen LogP contribution in [0.5, 0.6) is 0 Å². The van der Waals surface area contributed by atoms with E-state index in [4.69, 9.17) is 4.74 Å². The molecule has 0 spiro atoms. The van der Waals surface area contributed by atoms with Gasteiger partial charge in [0, 0.05) is 57.7 Å².